The van der Waals surface area contributed by atoms with Crippen LogP contribution in [-0.4, -0.2) is 33.9 Å². The third-order valence-corrected chi connectivity index (χ3v) is 7.31. The fraction of sp³-hybridized carbons (Fsp3) is 0.370. The molecule has 9 heteroatoms. The van der Waals surface area contributed by atoms with Gasteiger partial charge in [-0.25, -0.2) is 9.97 Å². The maximum Gasteiger partial charge on any atom is 0.256 e. The summed E-state index contributed by atoms with van der Waals surface area (Å²) < 4.78 is 0. The van der Waals surface area contributed by atoms with E-state index in [9.17, 15) is 10.1 Å². The molecule has 2 saturated carbocycles. The van der Waals surface area contributed by atoms with Crippen molar-refractivity contribution in [2.24, 2.45) is 0 Å². The number of benzene rings is 1. The van der Waals surface area contributed by atoms with Crippen molar-refractivity contribution >= 4 is 29.2 Å². The number of anilines is 4. The van der Waals surface area contributed by atoms with E-state index in [4.69, 9.17) is 0 Å². The summed E-state index contributed by atoms with van der Waals surface area (Å²) in [6.07, 6.45) is 6.51. The molecule has 3 aromatic rings. The van der Waals surface area contributed by atoms with E-state index in [1.54, 1.807) is 6.07 Å². The number of amides is 1. The van der Waals surface area contributed by atoms with Crippen molar-refractivity contribution in [3.8, 4) is 6.07 Å². The molecule has 1 aliphatic heterocycles. The monoisotopic (exact) mass is 480 g/mol. The molecule has 1 amide bonds. The van der Waals surface area contributed by atoms with Crippen LogP contribution in [0.15, 0.2) is 42.6 Å². The van der Waals surface area contributed by atoms with Gasteiger partial charge in [-0.05, 0) is 74.4 Å². The van der Waals surface area contributed by atoms with Crippen LogP contribution in [0.2, 0.25) is 0 Å². The first kappa shape index (κ1) is 22.4. The number of pyridine rings is 1. The summed E-state index contributed by atoms with van der Waals surface area (Å²) in [6.45, 7) is 3.34. The lowest BCUT2D eigenvalue weighted by atomic mass is 9.92. The van der Waals surface area contributed by atoms with Gasteiger partial charge in [0.2, 0.25) is 5.95 Å². The van der Waals surface area contributed by atoms with Gasteiger partial charge in [-0.1, -0.05) is 12.1 Å². The Kier molecular flexibility index (Phi) is 5.34. The van der Waals surface area contributed by atoms with Crippen molar-refractivity contribution in [2.75, 3.05) is 23.7 Å². The molecule has 182 valence electrons. The Labute approximate surface area is 209 Å². The van der Waals surface area contributed by atoms with Crippen molar-refractivity contribution in [2.45, 2.75) is 50.0 Å². The molecule has 0 unspecified atom stereocenters. The Morgan fingerprint density at radius 1 is 1.14 bits per heavy atom. The zero-order chi connectivity index (χ0) is 24.8. The molecule has 0 saturated heterocycles. The highest BCUT2D eigenvalue weighted by Crippen LogP contribution is 2.49. The van der Waals surface area contributed by atoms with Gasteiger partial charge < -0.3 is 21.3 Å². The molecule has 9 nitrogen and oxygen atoms in total. The molecule has 1 aromatic carbocycles. The first-order valence-electron chi connectivity index (χ1n) is 12.5. The molecule has 4 N–H and O–H groups in total. The van der Waals surface area contributed by atoms with Gasteiger partial charge in [-0.3, -0.25) is 4.79 Å². The smallest absolute Gasteiger partial charge is 0.256 e. The van der Waals surface area contributed by atoms with Gasteiger partial charge in [0.15, 0.2) is 0 Å². The van der Waals surface area contributed by atoms with E-state index in [2.05, 4.69) is 60.5 Å². The highest BCUT2D eigenvalue weighted by Gasteiger charge is 2.47. The Morgan fingerprint density at radius 3 is 2.75 bits per heavy atom. The molecule has 3 aliphatic rings. The zero-order valence-corrected chi connectivity index (χ0v) is 20.2. The van der Waals surface area contributed by atoms with E-state index in [-0.39, 0.29) is 11.4 Å². The van der Waals surface area contributed by atoms with Crippen LogP contribution >= 0.6 is 0 Å². The van der Waals surface area contributed by atoms with Crippen LogP contribution in [0.25, 0.3) is 0 Å². The predicted molar refractivity (Wildman–Crippen MR) is 136 cm³/mol. The number of nitrogens with zero attached hydrogens (tertiary/aromatic N) is 4. The Hall–Kier alpha value is -4.03. The summed E-state index contributed by atoms with van der Waals surface area (Å²) in [6, 6.07) is 14.3. The van der Waals surface area contributed by atoms with Crippen LogP contribution in [0.4, 0.5) is 23.3 Å². The van der Waals surface area contributed by atoms with Gasteiger partial charge in [-0.15, -0.1) is 0 Å². The summed E-state index contributed by atoms with van der Waals surface area (Å²) in [5, 5.41) is 22.5. The number of hydrogen-bond donors (Lipinski definition) is 4. The predicted octanol–water partition coefficient (Wildman–Crippen LogP) is 3.80. The minimum Gasteiger partial charge on any atom is -0.352 e. The minimum atomic E-state index is -0.500. The summed E-state index contributed by atoms with van der Waals surface area (Å²) in [4.78, 5) is 26.4. The number of nitriles is 1. The second kappa shape index (κ2) is 8.57. The molecule has 36 heavy (non-hydrogen) atoms. The number of rotatable bonds is 7. The van der Waals surface area contributed by atoms with Crippen molar-refractivity contribution in [1.29, 1.82) is 5.26 Å². The van der Waals surface area contributed by atoms with Gasteiger partial charge in [0.05, 0.1) is 17.2 Å². The third-order valence-electron chi connectivity index (χ3n) is 7.31. The Morgan fingerprint density at radius 2 is 2.00 bits per heavy atom. The molecule has 3 heterocycles. The molecule has 2 fully saturated rings. The average Bonchev–Trinajstić information content (AvgIpc) is 3.82. The summed E-state index contributed by atoms with van der Waals surface area (Å²) in [5.74, 6) is 0.992. The first-order valence-corrected chi connectivity index (χ1v) is 12.5. The largest absolute Gasteiger partial charge is 0.352 e. The van der Waals surface area contributed by atoms with E-state index in [1.165, 1.54) is 30.2 Å². The minimum absolute atomic E-state index is 0.181. The van der Waals surface area contributed by atoms with E-state index >= 15 is 0 Å². The SMILES string of the molecule is CCNC(=O)c1cnc(Nc2ccc3c(c2)CCNC32CC2)nc1Nc1cccc(C2(C#N)CC2)n1. The average molecular weight is 481 g/mol. The molecule has 0 radical (unpaired) electrons. The second-order valence-corrected chi connectivity index (χ2v) is 9.80. The van der Waals surface area contributed by atoms with E-state index in [0.29, 0.717) is 29.7 Å². The number of hydrogen-bond acceptors (Lipinski definition) is 8. The van der Waals surface area contributed by atoms with Crippen molar-refractivity contribution in [3.63, 3.8) is 0 Å². The Balaban J connectivity index is 1.29. The number of carbonyl (C=O) groups is 1. The number of nitrogens with one attached hydrogen (secondary N) is 4. The zero-order valence-electron chi connectivity index (χ0n) is 20.2. The number of aromatic nitrogens is 3. The lowest BCUT2D eigenvalue weighted by Crippen LogP contribution is -2.36. The fourth-order valence-corrected chi connectivity index (χ4v) is 4.98. The normalized spacial score (nSPS) is 18.0. The van der Waals surface area contributed by atoms with E-state index in [1.807, 2.05) is 19.1 Å². The summed E-state index contributed by atoms with van der Waals surface area (Å²) in [7, 11) is 0. The number of fused-ring (bicyclic) bond motifs is 2. The van der Waals surface area contributed by atoms with E-state index < -0.39 is 5.41 Å². The summed E-state index contributed by atoms with van der Waals surface area (Å²) >= 11 is 0. The maximum atomic E-state index is 12.7. The highest BCUT2D eigenvalue weighted by atomic mass is 16.1. The maximum absolute atomic E-state index is 12.7. The van der Waals surface area contributed by atoms with Crippen LogP contribution in [0.3, 0.4) is 0 Å². The second-order valence-electron chi connectivity index (χ2n) is 9.80. The van der Waals surface area contributed by atoms with Gasteiger partial charge in [-0.2, -0.15) is 10.2 Å². The van der Waals surface area contributed by atoms with Crippen molar-refractivity contribution in [1.82, 2.24) is 25.6 Å². The molecule has 0 bridgehead atoms. The van der Waals surface area contributed by atoms with Gasteiger partial charge in [0.25, 0.3) is 5.91 Å². The molecular weight excluding hydrogens is 452 g/mol. The molecule has 6 rings (SSSR count). The van der Waals surface area contributed by atoms with Crippen LogP contribution in [0.1, 0.15) is 59.8 Å². The molecule has 2 aliphatic carbocycles. The lowest BCUT2D eigenvalue weighted by Gasteiger charge is -2.27. The van der Waals surface area contributed by atoms with Crippen LogP contribution in [0, 0.1) is 11.3 Å². The standard InChI is InChI=1S/C27H28N8O/c1-2-29-24(36)19-15-30-25(32-18-6-7-20-17(14-18)8-13-31-27(20)11-12-27)35-23(19)34-22-5-3-4-21(33-22)26(16-28)9-10-26/h3-7,14-15,31H,2,8-13H2,1H3,(H,29,36)(H2,30,32,33,34,35). The van der Waals surface area contributed by atoms with Crippen molar-refractivity contribution < 1.29 is 4.79 Å². The molecule has 1 spiro atoms. The molecule has 2 aromatic heterocycles. The molecule has 0 atom stereocenters. The number of carbonyl (C=O) groups excluding carboxylic acids is 1. The Bertz CT molecular complexity index is 1390. The van der Waals surface area contributed by atoms with Crippen LogP contribution < -0.4 is 21.3 Å². The quantitative estimate of drug-likeness (QED) is 0.402. The van der Waals surface area contributed by atoms with Crippen LogP contribution in [0.5, 0.6) is 0 Å². The van der Waals surface area contributed by atoms with Gasteiger partial charge in [0.1, 0.15) is 17.2 Å². The topological polar surface area (TPSA) is 128 Å². The lowest BCUT2D eigenvalue weighted by molar-refractivity contribution is 0.0956. The van der Waals surface area contributed by atoms with E-state index in [0.717, 1.165) is 37.2 Å². The highest BCUT2D eigenvalue weighted by molar-refractivity contribution is 5.99. The first-order chi connectivity index (χ1) is 17.5. The fourth-order valence-electron chi connectivity index (χ4n) is 4.98. The third kappa shape index (κ3) is 4.03. The van der Waals surface area contributed by atoms with Crippen LogP contribution in [-0.2, 0) is 17.4 Å². The van der Waals surface area contributed by atoms with Crippen molar-refractivity contribution in [3.05, 3.63) is 65.0 Å². The van der Waals surface area contributed by atoms with Gasteiger partial charge >= 0.3 is 0 Å². The van der Waals surface area contributed by atoms with Gasteiger partial charge in [0, 0.05) is 30.5 Å². The molecular formula is C27H28N8O. The summed E-state index contributed by atoms with van der Waals surface area (Å²) in [5.41, 5.74) is 4.39.